The summed E-state index contributed by atoms with van der Waals surface area (Å²) in [5.74, 6) is -0.244. The van der Waals surface area contributed by atoms with Gasteiger partial charge in [-0.15, -0.1) is 0 Å². The van der Waals surface area contributed by atoms with Crippen LogP contribution in [0.4, 0.5) is 5.69 Å². The van der Waals surface area contributed by atoms with Gasteiger partial charge in [-0.3, -0.25) is 4.79 Å². The van der Waals surface area contributed by atoms with E-state index in [0.717, 1.165) is 11.3 Å². The zero-order valence-electron chi connectivity index (χ0n) is 17.8. The Balaban J connectivity index is 1.53. The van der Waals surface area contributed by atoms with Gasteiger partial charge in [-0.1, -0.05) is 24.3 Å². The number of nitrogens with zero attached hydrogens (tertiary/aromatic N) is 3. The standard InChI is InChI=1S/C25H26N4O/c1-18-16-25(2,3)28(4)22-12-11-19(15-21(18)22)17-26-27-24(30)20-9-5-6-10-23(20)29-13-7-8-14-29/h5-17H,1-4H3,(H,27,30)/b26-17+. The molecule has 0 spiro atoms. The highest BCUT2D eigenvalue weighted by molar-refractivity contribution is 5.98. The Morgan fingerprint density at radius 1 is 1.03 bits per heavy atom. The molecule has 30 heavy (non-hydrogen) atoms. The third kappa shape index (κ3) is 3.66. The molecule has 0 bridgehead atoms. The number of para-hydroxylation sites is 1. The van der Waals surface area contributed by atoms with Crippen molar-refractivity contribution in [3.05, 3.63) is 89.8 Å². The monoisotopic (exact) mass is 398 g/mol. The molecule has 1 aliphatic heterocycles. The van der Waals surface area contributed by atoms with Crippen LogP contribution in [0.1, 0.15) is 42.3 Å². The highest BCUT2D eigenvalue weighted by Crippen LogP contribution is 2.37. The zero-order chi connectivity index (χ0) is 21.3. The number of anilines is 1. The third-order valence-corrected chi connectivity index (χ3v) is 5.65. The molecule has 0 fully saturated rings. The third-order valence-electron chi connectivity index (χ3n) is 5.65. The summed E-state index contributed by atoms with van der Waals surface area (Å²) < 4.78 is 1.91. The number of hydrogen-bond acceptors (Lipinski definition) is 3. The van der Waals surface area contributed by atoms with E-state index in [2.05, 4.69) is 61.5 Å². The molecule has 2 aromatic carbocycles. The van der Waals surface area contributed by atoms with Gasteiger partial charge < -0.3 is 9.47 Å². The fourth-order valence-electron chi connectivity index (χ4n) is 3.87. The fraction of sp³-hybridized carbons (Fsp3) is 0.200. The van der Waals surface area contributed by atoms with Crippen LogP contribution in [0.3, 0.4) is 0 Å². The minimum absolute atomic E-state index is 0.0201. The first-order valence-corrected chi connectivity index (χ1v) is 10.0. The van der Waals surface area contributed by atoms with Crippen LogP contribution in [-0.2, 0) is 0 Å². The molecule has 5 nitrogen and oxygen atoms in total. The SMILES string of the molecule is CC1=CC(C)(C)N(C)c2ccc(/C=N/NC(=O)c3ccccc3-n3cccc3)cc21. The minimum atomic E-state index is -0.244. The van der Waals surface area contributed by atoms with Crippen molar-refractivity contribution in [2.45, 2.75) is 26.3 Å². The van der Waals surface area contributed by atoms with Gasteiger partial charge in [0, 0.05) is 30.7 Å². The summed E-state index contributed by atoms with van der Waals surface area (Å²) in [6.07, 6.45) is 7.78. The van der Waals surface area contributed by atoms with E-state index in [1.54, 1.807) is 12.3 Å². The van der Waals surface area contributed by atoms with Crippen LogP contribution in [0.15, 0.2) is 78.2 Å². The van der Waals surface area contributed by atoms with Crippen LogP contribution in [0.25, 0.3) is 11.3 Å². The number of carbonyl (C=O) groups is 1. The number of amides is 1. The first-order valence-electron chi connectivity index (χ1n) is 10.0. The molecule has 0 atom stereocenters. The summed E-state index contributed by atoms with van der Waals surface area (Å²) in [5, 5.41) is 4.20. The molecule has 1 amide bonds. The second-order valence-electron chi connectivity index (χ2n) is 8.12. The van der Waals surface area contributed by atoms with Crippen molar-refractivity contribution in [1.29, 1.82) is 0 Å². The van der Waals surface area contributed by atoms with E-state index < -0.39 is 0 Å². The molecule has 0 unspecified atom stereocenters. The first kappa shape index (κ1) is 19.7. The lowest BCUT2D eigenvalue weighted by molar-refractivity contribution is 0.0955. The normalized spacial score (nSPS) is 15.1. The van der Waals surface area contributed by atoms with Crippen molar-refractivity contribution >= 4 is 23.4 Å². The maximum absolute atomic E-state index is 12.7. The first-order chi connectivity index (χ1) is 14.4. The average Bonchev–Trinajstić information content (AvgIpc) is 3.26. The molecule has 0 saturated carbocycles. The molecule has 1 N–H and O–H groups in total. The van der Waals surface area contributed by atoms with Gasteiger partial charge in [0.25, 0.3) is 5.91 Å². The molecule has 3 aromatic rings. The molecule has 5 heteroatoms. The van der Waals surface area contributed by atoms with Crippen LogP contribution >= 0.6 is 0 Å². The van der Waals surface area contributed by atoms with Crippen LogP contribution in [0.5, 0.6) is 0 Å². The molecular weight excluding hydrogens is 372 g/mol. The van der Waals surface area contributed by atoms with Crippen LogP contribution < -0.4 is 10.3 Å². The highest BCUT2D eigenvalue weighted by atomic mass is 16.2. The van der Waals surface area contributed by atoms with Gasteiger partial charge in [-0.25, -0.2) is 5.43 Å². The minimum Gasteiger partial charge on any atom is -0.366 e. The summed E-state index contributed by atoms with van der Waals surface area (Å²) >= 11 is 0. The Hall–Kier alpha value is -3.60. The topological polar surface area (TPSA) is 49.6 Å². The molecule has 4 rings (SSSR count). The fourth-order valence-corrected chi connectivity index (χ4v) is 3.87. The number of carbonyl (C=O) groups excluding carboxylic acids is 1. The number of hydrazone groups is 1. The number of rotatable bonds is 4. The Morgan fingerprint density at radius 3 is 2.53 bits per heavy atom. The number of fused-ring (bicyclic) bond motifs is 1. The Bertz CT molecular complexity index is 1140. The highest BCUT2D eigenvalue weighted by Gasteiger charge is 2.28. The van der Waals surface area contributed by atoms with Gasteiger partial charge in [-0.2, -0.15) is 5.10 Å². The summed E-state index contributed by atoms with van der Waals surface area (Å²) in [5.41, 5.74) is 8.58. The summed E-state index contributed by atoms with van der Waals surface area (Å²) in [4.78, 5) is 15.0. The molecule has 0 radical (unpaired) electrons. The van der Waals surface area contributed by atoms with E-state index in [1.807, 2.05) is 53.4 Å². The number of aromatic nitrogens is 1. The predicted molar refractivity (Wildman–Crippen MR) is 123 cm³/mol. The molecule has 0 saturated heterocycles. The van der Waals surface area contributed by atoms with E-state index in [1.165, 1.54) is 16.8 Å². The molecule has 1 aromatic heterocycles. The van der Waals surface area contributed by atoms with Crippen LogP contribution in [-0.4, -0.2) is 29.3 Å². The van der Waals surface area contributed by atoms with Crippen molar-refractivity contribution in [1.82, 2.24) is 9.99 Å². The van der Waals surface area contributed by atoms with Gasteiger partial charge in [-0.05, 0) is 68.3 Å². The van der Waals surface area contributed by atoms with Gasteiger partial charge in [0.15, 0.2) is 0 Å². The number of nitrogens with one attached hydrogen (secondary N) is 1. The van der Waals surface area contributed by atoms with Crippen molar-refractivity contribution in [3.63, 3.8) is 0 Å². The van der Waals surface area contributed by atoms with Gasteiger partial charge in [0.1, 0.15) is 0 Å². The number of benzene rings is 2. The second-order valence-corrected chi connectivity index (χ2v) is 8.12. The quantitative estimate of drug-likeness (QED) is 0.503. The molecule has 2 heterocycles. The Morgan fingerprint density at radius 2 is 1.77 bits per heavy atom. The summed E-state index contributed by atoms with van der Waals surface area (Å²) in [7, 11) is 2.11. The number of likely N-dealkylation sites (N-methyl/N-ethyl adjacent to an activating group) is 1. The summed E-state index contributed by atoms with van der Waals surface area (Å²) in [6, 6.07) is 17.6. The van der Waals surface area contributed by atoms with E-state index in [-0.39, 0.29) is 11.4 Å². The van der Waals surface area contributed by atoms with E-state index in [4.69, 9.17) is 0 Å². The largest absolute Gasteiger partial charge is 0.366 e. The van der Waals surface area contributed by atoms with E-state index in [0.29, 0.717) is 5.56 Å². The molecular formula is C25H26N4O. The lowest BCUT2D eigenvalue weighted by Crippen LogP contribution is -2.42. The van der Waals surface area contributed by atoms with Crippen LogP contribution in [0.2, 0.25) is 0 Å². The number of hydrogen-bond donors (Lipinski definition) is 1. The van der Waals surface area contributed by atoms with Crippen molar-refractivity contribution < 1.29 is 4.79 Å². The van der Waals surface area contributed by atoms with Gasteiger partial charge in [0.05, 0.1) is 23.0 Å². The van der Waals surface area contributed by atoms with E-state index in [9.17, 15) is 4.79 Å². The average molecular weight is 399 g/mol. The Kier molecular flexibility index (Phi) is 5.04. The summed E-state index contributed by atoms with van der Waals surface area (Å²) in [6.45, 7) is 6.54. The maximum Gasteiger partial charge on any atom is 0.273 e. The smallest absolute Gasteiger partial charge is 0.273 e. The van der Waals surface area contributed by atoms with Crippen LogP contribution in [0, 0.1) is 0 Å². The lowest BCUT2D eigenvalue weighted by Gasteiger charge is -2.40. The molecule has 0 aliphatic carbocycles. The van der Waals surface area contributed by atoms with Crippen molar-refractivity contribution in [2.24, 2.45) is 5.10 Å². The van der Waals surface area contributed by atoms with Gasteiger partial charge >= 0.3 is 0 Å². The zero-order valence-corrected chi connectivity index (χ0v) is 17.8. The van der Waals surface area contributed by atoms with Crippen molar-refractivity contribution in [3.8, 4) is 5.69 Å². The lowest BCUT2D eigenvalue weighted by atomic mass is 9.89. The number of allylic oxidation sites excluding steroid dienone is 1. The van der Waals surface area contributed by atoms with Crippen molar-refractivity contribution in [2.75, 3.05) is 11.9 Å². The van der Waals surface area contributed by atoms with E-state index >= 15 is 0 Å². The molecule has 1 aliphatic rings. The van der Waals surface area contributed by atoms with Gasteiger partial charge in [0.2, 0.25) is 0 Å². The Labute approximate surface area is 177 Å². The second kappa shape index (κ2) is 7.67. The maximum atomic E-state index is 12.7. The molecule has 152 valence electrons. The predicted octanol–water partition coefficient (Wildman–Crippen LogP) is 4.87.